The van der Waals surface area contributed by atoms with Crippen molar-refractivity contribution < 1.29 is 4.74 Å². The maximum Gasteiger partial charge on any atom is 0.0599 e. The highest BCUT2D eigenvalue weighted by molar-refractivity contribution is 9.10. The SMILES string of the molecule is CCOC1CCN(Cc2cncc(Br)c2)CC1. The van der Waals surface area contributed by atoms with Crippen molar-refractivity contribution in [2.24, 2.45) is 0 Å². The fraction of sp³-hybridized carbons (Fsp3) is 0.615. The minimum atomic E-state index is 0.469. The summed E-state index contributed by atoms with van der Waals surface area (Å²) in [7, 11) is 0. The van der Waals surface area contributed by atoms with E-state index in [0.717, 1.165) is 43.6 Å². The van der Waals surface area contributed by atoms with E-state index in [1.54, 1.807) is 0 Å². The van der Waals surface area contributed by atoms with Gasteiger partial charge in [0.15, 0.2) is 0 Å². The van der Waals surface area contributed by atoms with Gasteiger partial charge >= 0.3 is 0 Å². The monoisotopic (exact) mass is 298 g/mol. The number of hydrogen-bond acceptors (Lipinski definition) is 3. The molecule has 0 radical (unpaired) electrons. The number of pyridine rings is 1. The molecule has 94 valence electrons. The first-order valence-corrected chi connectivity index (χ1v) is 7.00. The predicted molar refractivity (Wildman–Crippen MR) is 71.9 cm³/mol. The van der Waals surface area contributed by atoms with Crippen LogP contribution in [0.5, 0.6) is 0 Å². The number of rotatable bonds is 4. The number of ether oxygens (including phenoxy) is 1. The number of likely N-dealkylation sites (tertiary alicyclic amines) is 1. The fourth-order valence-corrected chi connectivity index (χ4v) is 2.68. The van der Waals surface area contributed by atoms with E-state index < -0.39 is 0 Å². The third-order valence-electron chi connectivity index (χ3n) is 3.10. The average molecular weight is 299 g/mol. The smallest absolute Gasteiger partial charge is 0.0599 e. The molecule has 1 aliphatic rings. The van der Waals surface area contributed by atoms with Crippen LogP contribution in [-0.4, -0.2) is 35.7 Å². The van der Waals surface area contributed by atoms with Gasteiger partial charge in [0.05, 0.1) is 6.10 Å². The molecule has 2 heterocycles. The molecular formula is C13H19BrN2O. The van der Waals surface area contributed by atoms with Gasteiger partial charge < -0.3 is 4.74 Å². The molecule has 0 amide bonds. The lowest BCUT2D eigenvalue weighted by molar-refractivity contribution is 0.0125. The summed E-state index contributed by atoms with van der Waals surface area (Å²) in [5, 5.41) is 0. The maximum atomic E-state index is 5.65. The molecule has 0 saturated carbocycles. The number of nitrogens with zero attached hydrogens (tertiary/aromatic N) is 2. The van der Waals surface area contributed by atoms with Gasteiger partial charge in [0.2, 0.25) is 0 Å². The summed E-state index contributed by atoms with van der Waals surface area (Å²) in [6, 6.07) is 2.14. The summed E-state index contributed by atoms with van der Waals surface area (Å²) in [4.78, 5) is 6.67. The Morgan fingerprint density at radius 1 is 1.41 bits per heavy atom. The lowest BCUT2D eigenvalue weighted by Gasteiger charge is -2.31. The van der Waals surface area contributed by atoms with Gasteiger partial charge in [0.1, 0.15) is 0 Å². The van der Waals surface area contributed by atoms with Crippen LogP contribution < -0.4 is 0 Å². The molecule has 1 fully saturated rings. The van der Waals surface area contributed by atoms with Crippen LogP contribution in [0.3, 0.4) is 0 Å². The molecule has 0 aliphatic carbocycles. The Labute approximate surface area is 111 Å². The van der Waals surface area contributed by atoms with Crippen LogP contribution in [-0.2, 0) is 11.3 Å². The molecule has 3 nitrogen and oxygen atoms in total. The Balaban J connectivity index is 1.82. The van der Waals surface area contributed by atoms with E-state index in [0.29, 0.717) is 6.10 Å². The average Bonchev–Trinajstić information content (AvgIpc) is 2.32. The van der Waals surface area contributed by atoms with Crippen molar-refractivity contribution in [2.75, 3.05) is 19.7 Å². The van der Waals surface area contributed by atoms with Crippen LogP contribution >= 0.6 is 15.9 Å². The van der Waals surface area contributed by atoms with E-state index in [2.05, 4.69) is 38.8 Å². The Hall–Kier alpha value is -0.450. The molecule has 0 atom stereocenters. The molecule has 0 N–H and O–H groups in total. The van der Waals surface area contributed by atoms with E-state index in [-0.39, 0.29) is 0 Å². The summed E-state index contributed by atoms with van der Waals surface area (Å²) in [5.41, 5.74) is 1.27. The Morgan fingerprint density at radius 2 is 2.18 bits per heavy atom. The van der Waals surface area contributed by atoms with Crippen LogP contribution in [0, 0.1) is 0 Å². The molecule has 0 aromatic carbocycles. The zero-order valence-corrected chi connectivity index (χ0v) is 11.8. The Morgan fingerprint density at radius 3 is 2.82 bits per heavy atom. The lowest BCUT2D eigenvalue weighted by Crippen LogP contribution is -2.36. The van der Waals surface area contributed by atoms with Gasteiger partial charge in [0.25, 0.3) is 0 Å². The summed E-state index contributed by atoms with van der Waals surface area (Å²) in [6.07, 6.45) is 6.53. The maximum absolute atomic E-state index is 5.65. The van der Waals surface area contributed by atoms with Crippen molar-refractivity contribution in [3.05, 3.63) is 28.5 Å². The van der Waals surface area contributed by atoms with Gasteiger partial charge in [-0.3, -0.25) is 9.88 Å². The van der Waals surface area contributed by atoms with Crippen LogP contribution in [0.4, 0.5) is 0 Å². The van der Waals surface area contributed by atoms with Crippen LogP contribution in [0.1, 0.15) is 25.3 Å². The minimum absolute atomic E-state index is 0.469. The molecule has 4 heteroatoms. The fourth-order valence-electron chi connectivity index (χ4n) is 2.27. The van der Waals surface area contributed by atoms with Crippen molar-refractivity contribution in [3.63, 3.8) is 0 Å². The summed E-state index contributed by atoms with van der Waals surface area (Å²) < 4.78 is 6.71. The van der Waals surface area contributed by atoms with Gasteiger partial charge in [-0.15, -0.1) is 0 Å². The van der Waals surface area contributed by atoms with Crippen LogP contribution in [0.2, 0.25) is 0 Å². The Kier molecular flexibility index (Phi) is 4.95. The first-order valence-electron chi connectivity index (χ1n) is 6.21. The second-order valence-electron chi connectivity index (χ2n) is 4.44. The van der Waals surface area contributed by atoms with Crippen molar-refractivity contribution in [1.29, 1.82) is 0 Å². The topological polar surface area (TPSA) is 25.4 Å². The molecule has 2 rings (SSSR count). The highest BCUT2D eigenvalue weighted by atomic mass is 79.9. The molecule has 1 aromatic heterocycles. The van der Waals surface area contributed by atoms with Crippen molar-refractivity contribution in [2.45, 2.75) is 32.4 Å². The van der Waals surface area contributed by atoms with E-state index in [9.17, 15) is 0 Å². The first kappa shape index (κ1) is 13.0. The normalized spacial score (nSPS) is 18.5. The Bertz CT molecular complexity index is 351. The second-order valence-corrected chi connectivity index (χ2v) is 5.36. The largest absolute Gasteiger partial charge is 0.378 e. The van der Waals surface area contributed by atoms with Crippen molar-refractivity contribution in [3.8, 4) is 0 Å². The van der Waals surface area contributed by atoms with Gasteiger partial charge in [-0.25, -0.2) is 0 Å². The molecule has 17 heavy (non-hydrogen) atoms. The highest BCUT2D eigenvalue weighted by Crippen LogP contribution is 2.17. The minimum Gasteiger partial charge on any atom is -0.378 e. The molecule has 0 bridgehead atoms. The van der Waals surface area contributed by atoms with Crippen molar-refractivity contribution >= 4 is 15.9 Å². The first-order chi connectivity index (χ1) is 8.28. The molecule has 0 unspecified atom stereocenters. The molecule has 1 aliphatic heterocycles. The summed E-state index contributed by atoms with van der Waals surface area (Å²) >= 11 is 3.46. The zero-order valence-electron chi connectivity index (χ0n) is 10.2. The lowest BCUT2D eigenvalue weighted by atomic mass is 10.1. The number of halogens is 1. The predicted octanol–water partition coefficient (Wildman–Crippen LogP) is 2.85. The zero-order chi connectivity index (χ0) is 12.1. The molecular weight excluding hydrogens is 280 g/mol. The number of hydrogen-bond donors (Lipinski definition) is 0. The summed E-state index contributed by atoms with van der Waals surface area (Å²) in [6.45, 7) is 6.14. The number of aromatic nitrogens is 1. The third kappa shape index (κ3) is 4.05. The molecule has 1 aromatic rings. The van der Waals surface area contributed by atoms with Crippen LogP contribution in [0.15, 0.2) is 22.9 Å². The van der Waals surface area contributed by atoms with E-state index in [1.165, 1.54) is 5.56 Å². The quantitative estimate of drug-likeness (QED) is 0.855. The third-order valence-corrected chi connectivity index (χ3v) is 3.54. The molecule has 1 saturated heterocycles. The van der Waals surface area contributed by atoms with E-state index in [1.807, 2.05) is 12.4 Å². The summed E-state index contributed by atoms with van der Waals surface area (Å²) in [5.74, 6) is 0. The van der Waals surface area contributed by atoms with E-state index in [4.69, 9.17) is 4.74 Å². The van der Waals surface area contributed by atoms with Gasteiger partial charge in [0, 0.05) is 43.1 Å². The standard InChI is InChI=1S/C13H19BrN2O/c1-2-17-13-3-5-16(6-4-13)10-11-7-12(14)9-15-8-11/h7-9,13H,2-6,10H2,1H3. The van der Waals surface area contributed by atoms with Gasteiger partial charge in [-0.1, -0.05) is 0 Å². The van der Waals surface area contributed by atoms with E-state index >= 15 is 0 Å². The second kappa shape index (κ2) is 6.47. The van der Waals surface area contributed by atoms with Crippen molar-refractivity contribution in [1.82, 2.24) is 9.88 Å². The van der Waals surface area contributed by atoms with Crippen LogP contribution in [0.25, 0.3) is 0 Å². The number of piperidine rings is 1. The van der Waals surface area contributed by atoms with Gasteiger partial charge in [-0.05, 0) is 47.3 Å². The highest BCUT2D eigenvalue weighted by Gasteiger charge is 2.19. The molecule has 0 spiro atoms. The van der Waals surface area contributed by atoms with Gasteiger partial charge in [-0.2, -0.15) is 0 Å².